The normalized spacial score (nSPS) is 13.8. The molecule has 4 aromatic rings. The molecular weight excluding hydrogens is 429 g/mol. The van der Waals surface area contributed by atoms with Gasteiger partial charge in [0, 0.05) is 0 Å². The maximum atomic E-state index is 13.5. The van der Waals surface area contributed by atoms with Crippen LogP contribution in [0.15, 0.2) is 71.1 Å². The molecule has 0 bridgehead atoms. The Morgan fingerprint density at radius 2 is 1.74 bits per heavy atom. The quantitative estimate of drug-likeness (QED) is 0.437. The SMILES string of the molecule is O=C(CC(O)(c1ccccc1)C(F)(F)F)NCc1ccc(-c2nc3ccccc3s2)o1. The molecule has 0 saturated heterocycles. The average molecular weight is 446 g/mol. The van der Waals surface area contributed by atoms with Crippen LogP contribution in [0.1, 0.15) is 17.7 Å². The van der Waals surface area contributed by atoms with E-state index in [1.807, 2.05) is 24.3 Å². The van der Waals surface area contributed by atoms with Crippen molar-refractivity contribution in [3.05, 3.63) is 78.1 Å². The van der Waals surface area contributed by atoms with E-state index in [-0.39, 0.29) is 6.54 Å². The van der Waals surface area contributed by atoms with E-state index in [2.05, 4.69) is 10.3 Å². The Balaban J connectivity index is 1.44. The average Bonchev–Trinajstić information content (AvgIpc) is 3.39. The van der Waals surface area contributed by atoms with Crippen LogP contribution in [-0.4, -0.2) is 22.2 Å². The number of nitrogens with zero attached hydrogens (tertiary/aromatic N) is 1. The number of thiazole rings is 1. The summed E-state index contributed by atoms with van der Waals surface area (Å²) in [5.74, 6) is -0.0963. The third kappa shape index (κ3) is 4.33. The third-order valence-electron chi connectivity index (χ3n) is 4.76. The Morgan fingerprint density at radius 3 is 2.45 bits per heavy atom. The lowest BCUT2D eigenvalue weighted by Gasteiger charge is -2.30. The van der Waals surface area contributed by atoms with E-state index in [9.17, 15) is 23.1 Å². The van der Waals surface area contributed by atoms with Gasteiger partial charge >= 0.3 is 6.18 Å². The number of fused-ring (bicyclic) bond motifs is 1. The second-order valence-corrected chi connectivity index (χ2v) is 7.96. The molecule has 5 nitrogen and oxygen atoms in total. The predicted octanol–water partition coefficient (Wildman–Crippen LogP) is 5.01. The van der Waals surface area contributed by atoms with E-state index in [1.54, 1.807) is 12.1 Å². The van der Waals surface area contributed by atoms with E-state index in [0.29, 0.717) is 16.5 Å². The van der Waals surface area contributed by atoms with Gasteiger partial charge in [-0.25, -0.2) is 4.98 Å². The van der Waals surface area contributed by atoms with Crippen LogP contribution < -0.4 is 5.32 Å². The van der Waals surface area contributed by atoms with Crippen molar-refractivity contribution in [1.29, 1.82) is 0 Å². The number of carbonyl (C=O) groups excluding carboxylic acids is 1. The van der Waals surface area contributed by atoms with Crippen LogP contribution in [0, 0.1) is 0 Å². The largest absolute Gasteiger partial charge is 0.457 e. The van der Waals surface area contributed by atoms with Gasteiger partial charge in [0.05, 0.1) is 23.2 Å². The van der Waals surface area contributed by atoms with Crippen LogP contribution in [0.2, 0.25) is 0 Å². The molecular formula is C22H17F3N2O3S. The summed E-state index contributed by atoms with van der Waals surface area (Å²) >= 11 is 1.45. The summed E-state index contributed by atoms with van der Waals surface area (Å²) in [7, 11) is 0. The summed E-state index contributed by atoms with van der Waals surface area (Å²) in [4.78, 5) is 16.7. The molecule has 1 amide bonds. The van der Waals surface area contributed by atoms with Crippen LogP contribution in [0.5, 0.6) is 0 Å². The summed E-state index contributed by atoms with van der Waals surface area (Å²) in [6.45, 7) is -0.119. The van der Waals surface area contributed by atoms with Crippen molar-refractivity contribution in [2.24, 2.45) is 0 Å². The van der Waals surface area contributed by atoms with Gasteiger partial charge in [0.2, 0.25) is 5.91 Å². The van der Waals surface area contributed by atoms with Gasteiger partial charge < -0.3 is 14.8 Å². The van der Waals surface area contributed by atoms with Crippen molar-refractivity contribution in [1.82, 2.24) is 10.3 Å². The van der Waals surface area contributed by atoms with Crippen molar-refractivity contribution >= 4 is 27.5 Å². The van der Waals surface area contributed by atoms with E-state index in [0.717, 1.165) is 22.3 Å². The fourth-order valence-electron chi connectivity index (χ4n) is 3.13. The highest BCUT2D eigenvalue weighted by Crippen LogP contribution is 2.41. The number of benzene rings is 2. The molecule has 0 aliphatic rings. The predicted molar refractivity (Wildman–Crippen MR) is 110 cm³/mol. The minimum Gasteiger partial charge on any atom is -0.457 e. The number of hydrogen-bond donors (Lipinski definition) is 2. The summed E-state index contributed by atoms with van der Waals surface area (Å²) in [5, 5.41) is 13.3. The first-order valence-corrected chi connectivity index (χ1v) is 10.1. The lowest BCUT2D eigenvalue weighted by Crippen LogP contribution is -2.46. The number of aromatic nitrogens is 1. The summed E-state index contributed by atoms with van der Waals surface area (Å²) < 4.78 is 47.3. The summed E-state index contributed by atoms with van der Waals surface area (Å²) in [6.07, 6.45) is -6.18. The topological polar surface area (TPSA) is 75.4 Å². The van der Waals surface area contributed by atoms with Crippen LogP contribution in [-0.2, 0) is 16.9 Å². The minimum absolute atomic E-state index is 0.119. The molecule has 1 unspecified atom stereocenters. The maximum Gasteiger partial charge on any atom is 0.421 e. The van der Waals surface area contributed by atoms with Gasteiger partial charge in [-0.05, 0) is 29.8 Å². The van der Waals surface area contributed by atoms with E-state index < -0.39 is 29.7 Å². The molecule has 31 heavy (non-hydrogen) atoms. The Bertz CT molecular complexity index is 1170. The van der Waals surface area contributed by atoms with Crippen molar-refractivity contribution in [2.75, 3.05) is 0 Å². The molecule has 0 radical (unpaired) electrons. The molecule has 2 aromatic heterocycles. The Labute approximate surface area is 179 Å². The monoisotopic (exact) mass is 446 g/mol. The maximum absolute atomic E-state index is 13.5. The molecule has 0 aliphatic carbocycles. The number of aliphatic hydroxyl groups is 1. The zero-order valence-corrected chi connectivity index (χ0v) is 16.8. The highest BCUT2D eigenvalue weighted by molar-refractivity contribution is 7.21. The van der Waals surface area contributed by atoms with Gasteiger partial charge in [0.15, 0.2) is 16.4 Å². The summed E-state index contributed by atoms with van der Waals surface area (Å²) in [5.41, 5.74) is -2.84. The molecule has 1 atom stereocenters. The number of carbonyl (C=O) groups is 1. The van der Waals surface area contributed by atoms with E-state index in [4.69, 9.17) is 4.42 Å². The molecule has 9 heteroatoms. The molecule has 160 valence electrons. The van der Waals surface area contributed by atoms with Gasteiger partial charge in [-0.15, -0.1) is 11.3 Å². The van der Waals surface area contributed by atoms with Crippen LogP contribution in [0.25, 0.3) is 21.0 Å². The molecule has 4 rings (SSSR count). The first-order valence-electron chi connectivity index (χ1n) is 9.32. The third-order valence-corrected chi connectivity index (χ3v) is 5.81. The second kappa shape index (κ2) is 8.16. The van der Waals surface area contributed by atoms with Gasteiger partial charge in [-0.3, -0.25) is 4.79 Å². The van der Waals surface area contributed by atoms with Crippen LogP contribution in [0.4, 0.5) is 13.2 Å². The highest BCUT2D eigenvalue weighted by Gasteiger charge is 2.55. The molecule has 2 aromatic carbocycles. The number of rotatable bonds is 6. The molecule has 0 aliphatic heterocycles. The molecule has 0 fully saturated rings. The lowest BCUT2D eigenvalue weighted by atomic mass is 9.89. The number of amides is 1. The standard InChI is InChI=1S/C22H17F3N2O3S/c23-22(24,25)21(29,14-6-2-1-3-7-14)12-19(28)26-13-15-10-11-17(30-15)20-27-16-8-4-5-9-18(16)31-20/h1-11,29H,12-13H2,(H,26,28). The first kappa shape index (κ1) is 21.1. The number of alkyl halides is 3. The number of halogens is 3. The molecule has 2 N–H and O–H groups in total. The zero-order chi connectivity index (χ0) is 22.1. The highest BCUT2D eigenvalue weighted by atomic mass is 32.1. The molecule has 0 spiro atoms. The fraction of sp³-hybridized carbons (Fsp3) is 0.182. The van der Waals surface area contributed by atoms with E-state index in [1.165, 1.54) is 29.5 Å². The second-order valence-electron chi connectivity index (χ2n) is 6.93. The Morgan fingerprint density at radius 1 is 1.03 bits per heavy atom. The van der Waals surface area contributed by atoms with Gasteiger partial charge in [-0.2, -0.15) is 13.2 Å². The van der Waals surface area contributed by atoms with Gasteiger partial charge in [0.25, 0.3) is 0 Å². The fourth-order valence-corrected chi connectivity index (χ4v) is 4.05. The van der Waals surface area contributed by atoms with Crippen molar-refractivity contribution < 1.29 is 27.5 Å². The van der Waals surface area contributed by atoms with Gasteiger partial charge in [0.1, 0.15) is 5.76 Å². The minimum atomic E-state index is -5.02. The van der Waals surface area contributed by atoms with Crippen molar-refractivity contribution in [3.63, 3.8) is 0 Å². The van der Waals surface area contributed by atoms with Crippen molar-refractivity contribution in [2.45, 2.75) is 24.7 Å². The van der Waals surface area contributed by atoms with Crippen LogP contribution >= 0.6 is 11.3 Å². The zero-order valence-electron chi connectivity index (χ0n) is 16.0. The Hall–Kier alpha value is -3.17. The molecule has 0 saturated carbocycles. The molecule has 2 heterocycles. The Kier molecular flexibility index (Phi) is 5.55. The number of para-hydroxylation sites is 1. The summed E-state index contributed by atoms with van der Waals surface area (Å²) in [6, 6.07) is 17.5. The van der Waals surface area contributed by atoms with E-state index >= 15 is 0 Å². The smallest absolute Gasteiger partial charge is 0.421 e. The van der Waals surface area contributed by atoms with Gasteiger partial charge in [-0.1, -0.05) is 42.5 Å². The van der Waals surface area contributed by atoms with Crippen LogP contribution in [0.3, 0.4) is 0 Å². The lowest BCUT2D eigenvalue weighted by molar-refractivity contribution is -0.267. The number of hydrogen-bond acceptors (Lipinski definition) is 5. The number of furan rings is 1. The number of nitrogens with one attached hydrogen (secondary N) is 1. The first-order chi connectivity index (χ1) is 14.8. The van der Waals surface area contributed by atoms with Crippen molar-refractivity contribution in [3.8, 4) is 10.8 Å².